The predicted molar refractivity (Wildman–Crippen MR) is 128 cm³/mol. The van der Waals surface area contributed by atoms with Gasteiger partial charge < -0.3 is 15.4 Å². The van der Waals surface area contributed by atoms with Crippen LogP contribution in [0.15, 0.2) is 64.9 Å². The molecule has 200 valence electrons. The van der Waals surface area contributed by atoms with Gasteiger partial charge in [0.25, 0.3) is 11.5 Å². The SMILES string of the molecule is O=C(NC/C(=N/O)C(F)(F)F)c1ccc(C2=NOC(c3cc(Cl)cc(Cl)c3)(C(F)(F)F)C2)c2ccccc12. The number of benzene rings is 3. The third-order valence-corrected chi connectivity index (χ3v) is 6.30. The van der Waals surface area contributed by atoms with Crippen LogP contribution in [-0.4, -0.2) is 41.4 Å². The monoisotopic (exact) mass is 577 g/mol. The van der Waals surface area contributed by atoms with E-state index in [0.29, 0.717) is 5.39 Å². The maximum absolute atomic E-state index is 14.4. The molecule has 38 heavy (non-hydrogen) atoms. The fraction of sp³-hybridized carbons (Fsp3) is 0.208. The van der Waals surface area contributed by atoms with Gasteiger partial charge in [-0.05, 0) is 35.0 Å². The summed E-state index contributed by atoms with van der Waals surface area (Å²) in [6.07, 6.45) is -10.6. The molecule has 0 aromatic heterocycles. The minimum Gasteiger partial charge on any atom is -0.411 e. The second kappa shape index (κ2) is 9.99. The molecule has 1 atom stereocenters. The highest BCUT2D eigenvalue weighted by atomic mass is 35.5. The van der Waals surface area contributed by atoms with Crippen molar-refractivity contribution in [3.05, 3.63) is 81.3 Å². The number of halogens is 8. The Kier molecular flexibility index (Phi) is 7.23. The summed E-state index contributed by atoms with van der Waals surface area (Å²) < 4.78 is 81.5. The number of carbonyl (C=O) groups is 1. The van der Waals surface area contributed by atoms with Crippen LogP contribution in [-0.2, 0) is 10.4 Å². The number of hydrogen-bond donors (Lipinski definition) is 2. The van der Waals surface area contributed by atoms with Crippen LogP contribution in [0.5, 0.6) is 0 Å². The van der Waals surface area contributed by atoms with Crippen LogP contribution in [0.2, 0.25) is 10.0 Å². The summed E-state index contributed by atoms with van der Waals surface area (Å²) in [5.74, 6) is -0.930. The molecule has 0 spiro atoms. The molecule has 14 heteroatoms. The molecule has 3 aromatic rings. The Balaban J connectivity index is 1.70. The number of rotatable bonds is 5. The Morgan fingerprint density at radius 1 is 1.03 bits per heavy atom. The topological polar surface area (TPSA) is 83.3 Å². The highest BCUT2D eigenvalue weighted by molar-refractivity contribution is 6.34. The van der Waals surface area contributed by atoms with E-state index in [1.807, 2.05) is 5.32 Å². The van der Waals surface area contributed by atoms with Gasteiger partial charge in [-0.1, -0.05) is 63.8 Å². The van der Waals surface area contributed by atoms with Gasteiger partial charge in [0.2, 0.25) is 0 Å². The summed E-state index contributed by atoms with van der Waals surface area (Å²) in [7, 11) is 0. The molecule has 1 aliphatic heterocycles. The smallest absolute Gasteiger partial charge is 0.411 e. The molecule has 1 unspecified atom stereocenters. The van der Waals surface area contributed by atoms with E-state index in [2.05, 4.69) is 10.3 Å². The van der Waals surface area contributed by atoms with Crippen molar-refractivity contribution in [1.29, 1.82) is 0 Å². The van der Waals surface area contributed by atoms with Gasteiger partial charge in [0.1, 0.15) is 0 Å². The largest absolute Gasteiger partial charge is 0.435 e. The summed E-state index contributed by atoms with van der Waals surface area (Å²) in [6.45, 7) is -1.11. The van der Waals surface area contributed by atoms with Crippen molar-refractivity contribution < 1.29 is 41.2 Å². The normalized spacial score (nSPS) is 18.3. The number of alkyl halides is 6. The van der Waals surface area contributed by atoms with Crippen molar-refractivity contribution in [3.8, 4) is 0 Å². The Bertz CT molecular complexity index is 1450. The lowest BCUT2D eigenvalue weighted by Gasteiger charge is -2.29. The first-order valence-corrected chi connectivity index (χ1v) is 11.4. The van der Waals surface area contributed by atoms with Gasteiger partial charge >= 0.3 is 12.4 Å². The Morgan fingerprint density at radius 3 is 2.24 bits per heavy atom. The van der Waals surface area contributed by atoms with Crippen LogP contribution >= 0.6 is 23.2 Å². The third kappa shape index (κ3) is 5.10. The highest BCUT2D eigenvalue weighted by Gasteiger charge is 2.62. The average molecular weight is 578 g/mol. The second-order valence-electron chi connectivity index (χ2n) is 8.22. The van der Waals surface area contributed by atoms with E-state index in [0.717, 1.165) is 12.1 Å². The Morgan fingerprint density at radius 2 is 1.66 bits per heavy atom. The van der Waals surface area contributed by atoms with Crippen molar-refractivity contribution in [3.63, 3.8) is 0 Å². The van der Waals surface area contributed by atoms with Gasteiger partial charge in [0.05, 0.1) is 12.3 Å². The maximum atomic E-state index is 14.4. The van der Waals surface area contributed by atoms with E-state index >= 15 is 0 Å². The summed E-state index contributed by atoms with van der Waals surface area (Å²) in [5.41, 5.74) is -4.79. The molecular weight excluding hydrogens is 563 g/mol. The number of oxime groups is 2. The van der Waals surface area contributed by atoms with E-state index in [1.165, 1.54) is 30.3 Å². The first kappa shape index (κ1) is 27.5. The van der Waals surface area contributed by atoms with Gasteiger partial charge in [0, 0.05) is 33.2 Å². The summed E-state index contributed by atoms with van der Waals surface area (Å²) in [6, 6.07) is 12.1. The zero-order valence-corrected chi connectivity index (χ0v) is 20.3. The number of nitrogens with zero attached hydrogens (tertiary/aromatic N) is 2. The number of amides is 1. The zero-order chi connectivity index (χ0) is 27.9. The summed E-state index contributed by atoms with van der Waals surface area (Å²) >= 11 is 11.9. The molecular formula is C24H15Cl2F6N3O3. The molecule has 1 amide bonds. The standard InChI is InChI=1S/C24H15Cl2F6N3O3/c25-13-7-12(8-14(26)9-13)22(24(30,31)32)10-19(35-38-22)17-5-6-18(16-4-2-1-3-15(16)17)21(36)33-11-20(34-37)23(27,28)29/h1-9,37H,10-11H2,(H,33,36)/b34-20-. The minimum absolute atomic E-state index is 0.0334. The fourth-order valence-corrected chi connectivity index (χ4v) is 4.56. The number of nitrogens with one attached hydrogen (secondary N) is 1. The van der Waals surface area contributed by atoms with Crippen molar-refractivity contribution in [2.45, 2.75) is 24.4 Å². The van der Waals surface area contributed by atoms with E-state index in [4.69, 9.17) is 33.2 Å². The molecule has 0 aliphatic carbocycles. The van der Waals surface area contributed by atoms with Crippen molar-refractivity contribution >= 4 is 51.3 Å². The molecule has 4 rings (SSSR count). The zero-order valence-electron chi connectivity index (χ0n) is 18.8. The number of fused-ring (bicyclic) bond motifs is 1. The van der Waals surface area contributed by atoms with Gasteiger partial charge in [-0.15, -0.1) is 0 Å². The molecule has 1 heterocycles. The lowest BCUT2D eigenvalue weighted by molar-refractivity contribution is -0.275. The van der Waals surface area contributed by atoms with Crippen LogP contribution in [0.1, 0.15) is 27.9 Å². The van der Waals surface area contributed by atoms with E-state index in [9.17, 15) is 31.1 Å². The van der Waals surface area contributed by atoms with E-state index < -0.39 is 42.5 Å². The lowest BCUT2D eigenvalue weighted by atomic mass is 9.85. The van der Waals surface area contributed by atoms with Crippen molar-refractivity contribution in [2.75, 3.05) is 6.54 Å². The Hall–Kier alpha value is -3.51. The molecule has 0 radical (unpaired) electrons. The minimum atomic E-state index is -4.97. The lowest BCUT2D eigenvalue weighted by Crippen LogP contribution is -2.42. The number of hydrogen-bond acceptors (Lipinski definition) is 5. The average Bonchev–Trinajstić information content (AvgIpc) is 3.29. The molecule has 0 fully saturated rings. The van der Waals surface area contributed by atoms with Crippen LogP contribution < -0.4 is 5.32 Å². The van der Waals surface area contributed by atoms with Crippen molar-refractivity contribution in [1.82, 2.24) is 5.32 Å². The quantitative estimate of drug-likeness (QED) is 0.150. The van der Waals surface area contributed by atoms with Crippen molar-refractivity contribution in [2.24, 2.45) is 10.3 Å². The second-order valence-corrected chi connectivity index (χ2v) is 9.10. The van der Waals surface area contributed by atoms with Crippen LogP contribution in [0.4, 0.5) is 26.3 Å². The van der Waals surface area contributed by atoms with Crippen LogP contribution in [0.3, 0.4) is 0 Å². The van der Waals surface area contributed by atoms with Crippen LogP contribution in [0, 0.1) is 0 Å². The molecule has 2 N–H and O–H groups in total. The Labute approximate surface area is 220 Å². The molecule has 3 aromatic carbocycles. The first-order valence-electron chi connectivity index (χ1n) is 10.6. The molecule has 0 bridgehead atoms. The third-order valence-electron chi connectivity index (χ3n) is 5.86. The first-order chi connectivity index (χ1) is 17.8. The molecule has 0 saturated heterocycles. The van der Waals surface area contributed by atoms with Gasteiger partial charge in [-0.25, -0.2) is 0 Å². The molecule has 1 aliphatic rings. The van der Waals surface area contributed by atoms with E-state index in [-0.39, 0.29) is 37.8 Å². The maximum Gasteiger partial charge on any atom is 0.435 e. The van der Waals surface area contributed by atoms with E-state index in [1.54, 1.807) is 12.1 Å². The van der Waals surface area contributed by atoms with Crippen LogP contribution in [0.25, 0.3) is 10.8 Å². The highest BCUT2D eigenvalue weighted by Crippen LogP contribution is 2.50. The summed E-state index contributed by atoms with van der Waals surface area (Å²) in [5, 5.41) is 17.0. The molecule has 0 saturated carbocycles. The number of carbonyl (C=O) groups excluding carboxylic acids is 1. The predicted octanol–water partition coefficient (Wildman–Crippen LogP) is 6.85. The molecule has 6 nitrogen and oxygen atoms in total. The van der Waals surface area contributed by atoms with Gasteiger partial charge in [0.15, 0.2) is 5.71 Å². The van der Waals surface area contributed by atoms with Gasteiger partial charge in [-0.3, -0.25) is 4.79 Å². The summed E-state index contributed by atoms with van der Waals surface area (Å²) in [4.78, 5) is 17.7. The van der Waals surface area contributed by atoms with Gasteiger partial charge in [-0.2, -0.15) is 26.3 Å². The fourth-order valence-electron chi connectivity index (χ4n) is 4.04.